The van der Waals surface area contributed by atoms with Crippen molar-refractivity contribution in [2.24, 2.45) is 0 Å². The standard InChI is InChI=1S/C36H45N9O10S/c1-7-21-30(50)41-23(11-12-46)34(53)45(5)16-28(49)39-18(2)33-43-25(17-56-33)31(51)42-24(13-20-14-37-22-9-8-10-26(55-6)29(20)22)32(52)44-36(4,19(3)47)35(54)38-15-27(48)40-21/h8-11,14,17-18,21,24,37,46H,7,12-13,15-16H2,1-6H3,(H,38,54)(H,39,49)(H,40,48)(H,41,50)(H,42,51)(H,44,52)/b23-11-/t18-,21-,24+,36+/m1/s1. The number of hydrogen-bond donors (Lipinski definition) is 8. The number of benzene rings is 1. The van der Waals surface area contributed by atoms with Gasteiger partial charge in [0.05, 0.1) is 32.8 Å². The highest BCUT2D eigenvalue weighted by Gasteiger charge is 2.42. The van der Waals surface area contributed by atoms with Gasteiger partial charge in [0.25, 0.3) is 17.7 Å². The van der Waals surface area contributed by atoms with Crippen LogP contribution in [0.3, 0.4) is 0 Å². The summed E-state index contributed by atoms with van der Waals surface area (Å²) in [4.78, 5) is 115. The molecule has 3 heterocycles. The lowest BCUT2D eigenvalue weighted by molar-refractivity contribution is -0.141. The summed E-state index contributed by atoms with van der Waals surface area (Å²) in [6.45, 7) is 3.55. The third-order valence-electron chi connectivity index (χ3n) is 9.03. The van der Waals surface area contributed by atoms with E-state index in [9.17, 15) is 43.5 Å². The molecule has 4 rings (SSSR count). The van der Waals surface area contributed by atoms with Gasteiger partial charge in [-0.05, 0) is 51.0 Å². The summed E-state index contributed by atoms with van der Waals surface area (Å²) in [5, 5.41) is 26.8. The summed E-state index contributed by atoms with van der Waals surface area (Å²) in [5.74, 6) is -6.18. The lowest BCUT2D eigenvalue weighted by Gasteiger charge is -2.29. The molecule has 2 aromatic heterocycles. The molecule has 3 aromatic rings. The molecular weight excluding hydrogens is 751 g/mol. The van der Waals surface area contributed by atoms with E-state index in [-0.39, 0.29) is 24.2 Å². The number of carbonyl (C=O) groups excluding carboxylic acids is 8. The maximum absolute atomic E-state index is 14.1. The fourth-order valence-electron chi connectivity index (χ4n) is 5.72. The van der Waals surface area contributed by atoms with Crippen LogP contribution in [0.1, 0.15) is 61.2 Å². The van der Waals surface area contributed by atoms with Crippen LogP contribution < -0.4 is 36.6 Å². The Morgan fingerprint density at radius 2 is 1.80 bits per heavy atom. The Morgan fingerprint density at radius 1 is 1.07 bits per heavy atom. The van der Waals surface area contributed by atoms with Crippen molar-refractivity contribution in [3.05, 3.63) is 57.8 Å². The van der Waals surface area contributed by atoms with E-state index in [4.69, 9.17) is 4.74 Å². The second-order valence-corrected chi connectivity index (χ2v) is 14.0. The highest BCUT2D eigenvalue weighted by Crippen LogP contribution is 2.29. The lowest BCUT2D eigenvalue weighted by atomic mass is 9.94. The van der Waals surface area contributed by atoms with E-state index in [2.05, 4.69) is 41.9 Å². The lowest BCUT2D eigenvalue weighted by Crippen LogP contribution is -2.65. The predicted octanol–water partition coefficient (Wildman–Crippen LogP) is -0.909. The monoisotopic (exact) mass is 795 g/mol. The Morgan fingerprint density at radius 3 is 2.46 bits per heavy atom. The van der Waals surface area contributed by atoms with Gasteiger partial charge in [0.1, 0.15) is 34.2 Å². The van der Waals surface area contributed by atoms with Gasteiger partial charge in [-0.3, -0.25) is 38.4 Å². The van der Waals surface area contributed by atoms with Gasteiger partial charge < -0.3 is 51.6 Å². The third kappa shape index (κ3) is 9.93. The van der Waals surface area contributed by atoms with Gasteiger partial charge in [0, 0.05) is 35.9 Å². The number of carbonyl (C=O) groups is 8. The van der Waals surface area contributed by atoms with Crippen LogP contribution in [0.15, 0.2) is 41.5 Å². The summed E-state index contributed by atoms with van der Waals surface area (Å²) in [5.41, 5.74) is -1.44. The van der Waals surface area contributed by atoms with Crippen LogP contribution >= 0.6 is 11.3 Å². The SMILES string of the molecule is CC[C@H]1NC(=O)CNC(=O)[C@](C)(C(C)=O)NC(=O)[C@H](Cc2c[nH]c3cccc(OC)c23)NC(=O)c2csc(n2)[C@@H](C)NC(=O)CN(C)C(=O)/C(=C/CO)NC1=O. The van der Waals surface area contributed by atoms with Crippen molar-refractivity contribution >= 4 is 69.4 Å². The molecule has 1 aliphatic heterocycles. The van der Waals surface area contributed by atoms with E-state index in [0.29, 0.717) is 27.2 Å². The number of nitrogens with zero attached hydrogens (tertiary/aromatic N) is 2. The minimum atomic E-state index is -2.23. The number of aromatic amines is 1. The number of aromatic nitrogens is 2. The first-order valence-corrected chi connectivity index (χ1v) is 18.4. The summed E-state index contributed by atoms with van der Waals surface area (Å²) in [6, 6.07) is 1.93. The zero-order valence-electron chi connectivity index (χ0n) is 31.7. The van der Waals surface area contributed by atoms with Crippen molar-refractivity contribution in [1.82, 2.24) is 46.8 Å². The quantitative estimate of drug-likeness (QED) is 0.112. The Labute approximate surface area is 325 Å². The number of thiazole rings is 1. The molecule has 300 valence electrons. The largest absolute Gasteiger partial charge is 0.496 e. The number of ether oxygens (including phenoxy) is 1. The van der Waals surface area contributed by atoms with E-state index >= 15 is 0 Å². The minimum Gasteiger partial charge on any atom is -0.496 e. The predicted molar refractivity (Wildman–Crippen MR) is 202 cm³/mol. The summed E-state index contributed by atoms with van der Waals surface area (Å²) in [6.07, 6.45) is 2.56. The van der Waals surface area contributed by atoms with Crippen molar-refractivity contribution in [2.75, 3.05) is 33.9 Å². The van der Waals surface area contributed by atoms with Crippen molar-refractivity contribution in [1.29, 1.82) is 0 Å². The van der Waals surface area contributed by atoms with E-state index in [1.54, 1.807) is 38.2 Å². The maximum atomic E-state index is 14.1. The van der Waals surface area contributed by atoms with E-state index in [0.717, 1.165) is 36.2 Å². The number of aliphatic hydroxyl groups excluding tert-OH is 1. The second-order valence-electron chi connectivity index (χ2n) is 13.1. The van der Waals surface area contributed by atoms with Gasteiger partial charge in [0.15, 0.2) is 11.3 Å². The summed E-state index contributed by atoms with van der Waals surface area (Å²) < 4.78 is 5.53. The molecule has 4 atom stereocenters. The van der Waals surface area contributed by atoms with Crippen molar-refractivity contribution < 1.29 is 48.2 Å². The van der Waals surface area contributed by atoms with E-state index in [1.807, 2.05) is 0 Å². The number of Topliss-reactive ketones (excluding diaryl/α,β-unsaturated/α-hetero) is 1. The van der Waals surface area contributed by atoms with Gasteiger partial charge in [-0.15, -0.1) is 11.3 Å². The Balaban J connectivity index is 1.72. The van der Waals surface area contributed by atoms with Crippen LogP contribution in [0, 0.1) is 0 Å². The van der Waals surface area contributed by atoms with Crippen LogP contribution in [0.2, 0.25) is 0 Å². The number of methoxy groups -OCH3 is 1. The van der Waals surface area contributed by atoms with Gasteiger partial charge in [0.2, 0.25) is 23.6 Å². The van der Waals surface area contributed by atoms with Crippen LogP contribution in [-0.2, 0) is 40.0 Å². The molecular formula is C36H45N9O10S. The van der Waals surface area contributed by atoms with Crippen molar-refractivity contribution in [2.45, 2.75) is 64.2 Å². The summed E-state index contributed by atoms with van der Waals surface area (Å²) >= 11 is 1.05. The highest BCUT2D eigenvalue weighted by atomic mass is 32.1. The fourth-order valence-corrected chi connectivity index (χ4v) is 6.53. The normalized spacial score (nSPS) is 23.3. The molecule has 19 nitrogen and oxygen atoms in total. The topological polar surface area (TPSA) is 270 Å². The van der Waals surface area contributed by atoms with Gasteiger partial charge in [-0.1, -0.05) is 13.0 Å². The molecule has 0 spiro atoms. The van der Waals surface area contributed by atoms with Crippen LogP contribution in [0.4, 0.5) is 0 Å². The molecule has 7 amide bonds. The third-order valence-corrected chi connectivity index (χ3v) is 10.1. The molecule has 0 fully saturated rings. The first-order valence-electron chi connectivity index (χ1n) is 17.5. The number of H-pyrrole nitrogens is 1. The van der Waals surface area contributed by atoms with Crippen molar-refractivity contribution in [3.8, 4) is 5.75 Å². The molecule has 1 aliphatic rings. The first-order chi connectivity index (χ1) is 26.5. The molecule has 0 radical (unpaired) electrons. The zero-order chi connectivity index (χ0) is 41.3. The van der Waals surface area contributed by atoms with Crippen LogP contribution in [0.5, 0.6) is 5.75 Å². The number of likely N-dealkylation sites (N-methyl/N-ethyl adjacent to an activating group) is 1. The van der Waals surface area contributed by atoms with Crippen molar-refractivity contribution in [3.63, 3.8) is 0 Å². The average Bonchev–Trinajstić information content (AvgIpc) is 3.83. The molecule has 0 saturated carbocycles. The summed E-state index contributed by atoms with van der Waals surface area (Å²) in [7, 11) is 2.78. The molecule has 2 bridgehead atoms. The Hall–Kier alpha value is -6.15. The number of hydrogen-bond acceptors (Lipinski definition) is 12. The maximum Gasteiger partial charge on any atom is 0.271 e. The minimum absolute atomic E-state index is 0.0390. The van der Waals surface area contributed by atoms with Gasteiger partial charge in [-0.2, -0.15) is 0 Å². The number of nitrogens with one attached hydrogen (secondary N) is 7. The molecule has 1 aromatic carbocycles. The molecule has 0 unspecified atom stereocenters. The number of aliphatic hydroxyl groups is 1. The highest BCUT2D eigenvalue weighted by molar-refractivity contribution is 7.09. The fraction of sp³-hybridized carbons (Fsp3) is 0.417. The zero-order valence-corrected chi connectivity index (χ0v) is 32.5. The Kier molecular flexibility index (Phi) is 14.0. The number of rotatable bonds is 6. The van der Waals surface area contributed by atoms with Gasteiger partial charge in [-0.25, -0.2) is 4.98 Å². The Bertz CT molecular complexity index is 2060. The average molecular weight is 796 g/mol. The van der Waals surface area contributed by atoms with Crippen LogP contribution in [0.25, 0.3) is 10.9 Å². The molecule has 0 aliphatic carbocycles. The number of ketones is 1. The molecule has 56 heavy (non-hydrogen) atoms. The van der Waals surface area contributed by atoms with E-state index < -0.39 is 90.5 Å². The molecule has 20 heteroatoms. The number of amides is 7. The number of fused-ring (bicyclic) bond motifs is 3. The van der Waals surface area contributed by atoms with E-state index in [1.165, 1.54) is 19.5 Å². The second kappa shape index (κ2) is 18.5. The molecule has 8 N–H and O–H groups in total. The van der Waals surface area contributed by atoms with Gasteiger partial charge >= 0.3 is 0 Å². The molecule has 0 saturated heterocycles. The smallest absolute Gasteiger partial charge is 0.271 e. The first kappa shape index (κ1) is 42.6. The van der Waals surface area contributed by atoms with Crippen LogP contribution in [-0.4, -0.2) is 119 Å².